The van der Waals surface area contributed by atoms with Crippen LogP contribution in [0.15, 0.2) is 42.7 Å². The first-order valence-electron chi connectivity index (χ1n) is 9.35. The van der Waals surface area contributed by atoms with Crippen LogP contribution in [0.5, 0.6) is 5.75 Å². The summed E-state index contributed by atoms with van der Waals surface area (Å²) in [4.78, 5) is 4.34. The molecular weight excluding hydrogens is 312 g/mol. The third kappa shape index (κ3) is 4.80. The summed E-state index contributed by atoms with van der Waals surface area (Å²) in [5, 5.41) is 3.35. The third-order valence-electron chi connectivity index (χ3n) is 4.94. The topological polar surface area (TPSA) is 43.4 Å². The first-order chi connectivity index (χ1) is 12.4. The number of rotatable bonds is 9. The summed E-state index contributed by atoms with van der Waals surface area (Å²) in [5.41, 5.74) is 3.58. The average Bonchev–Trinajstić information content (AvgIpc) is 3.42. The monoisotopic (exact) mass is 338 g/mol. The number of hydrogen-bond donors (Lipinski definition) is 1. The molecule has 1 aliphatic carbocycles. The van der Waals surface area contributed by atoms with Crippen LogP contribution >= 0.6 is 0 Å². The maximum Gasteiger partial charge on any atom is 0.138 e. The number of aromatic nitrogens is 1. The fraction of sp³-hybridized carbons (Fsp3) is 0.476. The normalized spacial score (nSPS) is 19.4. The zero-order valence-electron chi connectivity index (χ0n) is 14.6. The summed E-state index contributed by atoms with van der Waals surface area (Å²) >= 11 is 0. The summed E-state index contributed by atoms with van der Waals surface area (Å²) in [6, 6.07) is 11.2. The van der Waals surface area contributed by atoms with Crippen LogP contribution in [0.1, 0.15) is 24.8 Å². The minimum atomic E-state index is 0.489. The zero-order valence-corrected chi connectivity index (χ0v) is 14.6. The highest BCUT2D eigenvalue weighted by molar-refractivity contribution is 5.64. The Hall–Kier alpha value is -1.91. The van der Waals surface area contributed by atoms with Gasteiger partial charge in [-0.2, -0.15) is 0 Å². The van der Waals surface area contributed by atoms with E-state index in [1.165, 1.54) is 30.4 Å². The van der Waals surface area contributed by atoms with E-state index in [4.69, 9.17) is 9.47 Å². The molecule has 1 aliphatic heterocycles. The lowest BCUT2D eigenvalue weighted by atomic mass is 10.0. The number of nitrogens with zero attached hydrogens (tertiary/aromatic N) is 1. The van der Waals surface area contributed by atoms with E-state index in [0.29, 0.717) is 12.6 Å². The molecule has 1 saturated carbocycles. The second-order valence-electron chi connectivity index (χ2n) is 7.13. The van der Waals surface area contributed by atoms with Crippen LogP contribution in [0, 0.1) is 5.92 Å². The molecule has 4 rings (SSSR count). The smallest absolute Gasteiger partial charge is 0.138 e. The molecule has 0 spiro atoms. The molecule has 25 heavy (non-hydrogen) atoms. The number of hydrogen-bond acceptors (Lipinski definition) is 4. The van der Waals surface area contributed by atoms with Crippen molar-refractivity contribution in [2.24, 2.45) is 5.92 Å². The molecule has 0 radical (unpaired) electrons. The molecule has 2 heterocycles. The Kier molecular flexibility index (Phi) is 5.28. The first-order valence-corrected chi connectivity index (χ1v) is 9.35. The van der Waals surface area contributed by atoms with Crippen LogP contribution in [0.4, 0.5) is 0 Å². The maximum atomic E-state index is 5.87. The van der Waals surface area contributed by atoms with Crippen molar-refractivity contribution in [3.8, 4) is 16.9 Å². The standard InChI is InChI=1S/C21H26N2O2/c1-2-16(7-9-24-14-17-4-5-17)10-18(3-1)19-11-21(13-22-12-19)25-15-20-6-8-23-20/h1-3,10-13,17,20,23H,4-9,14-15H2/t20-/m0/s1. The SMILES string of the molecule is c1cc(CCOCC2CC2)cc(-c2cncc(OC[C@@H]3CCN3)c2)c1. The fourth-order valence-corrected chi connectivity index (χ4v) is 2.97. The molecule has 0 unspecified atom stereocenters. The summed E-state index contributed by atoms with van der Waals surface area (Å²) < 4.78 is 11.6. The van der Waals surface area contributed by atoms with Crippen molar-refractivity contribution in [3.05, 3.63) is 48.3 Å². The van der Waals surface area contributed by atoms with Crippen molar-refractivity contribution >= 4 is 0 Å². The fourth-order valence-electron chi connectivity index (χ4n) is 2.97. The van der Waals surface area contributed by atoms with E-state index in [9.17, 15) is 0 Å². The van der Waals surface area contributed by atoms with Crippen LogP contribution in [-0.2, 0) is 11.2 Å². The molecule has 1 aromatic carbocycles. The largest absolute Gasteiger partial charge is 0.490 e. The van der Waals surface area contributed by atoms with Crippen molar-refractivity contribution in [1.82, 2.24) is 10.3 Å². The molecule has 4 heteroatoms. The van der Waals surface area contributed by atoms with Gasteiger partial charge >= 0.3 is 0 Å². The zero-order chi connectivity index (χ0) is 16.9. The van der Waals surface area contributed by atoms with E-state index < -0.39 is 0 Å². The molecule has 2 aliphatic rings. The highest BCUT2D eigenvalue weighted by Gasteiger charge is 2.20. The number of nitrogens with one attached hydrogen (secondary N) is 1. The summed E-state index contributed by atoms with van der Waals surface area (Å²) in [6.07, 6.45) is 8.53. The Bertz CT molecular complexity index is 696. The average molecular weight is 338 g/mol. The molecule has 4 nitrogen and oxygen atoms in total. The quantitative estimate of drug-likeness (QED) is 0.711. The van der Waals surface area contributed by atoms with Crippen molar-refractivity contribution < 1.29 is 9.47 Å². The maximum absolute atomic E-state index is 5.87. The van der Waals surface area contributed by atoms with Crippen molar-refractivity contribution in [2.45, 2.75) is 31.7 Å². The molecule has 132 valence electrons. The van der Waals surface area contributed by atoms with Gasteiger partial charge < -0.3 is 14.8 Å². The molecule has 0 bridgehead atoms. The van der Waals surface area contributed by atoms with Gasteiger partial charge in [-0.25, -0.2) is 0 Å². The highest BCUT2D eigenvalue weighted by Crippen LogP contribution is 2.29. The van der Waals surface area contributed by atoms with Gasteiger partial charge in [0, 0.05) is 24.4 Å². The molecule has 2 fully saturated rings. The predicted octanol–water partition coefficient (Wildman–Crippen LogP) is 3.46. The first kappa shape index (κ1) is 16.6. The van der Waals surface area contributed by atoms with Crippen molar-refractivity contribution in [1.29, 1.82) is 0 Å². The van der Waals surface area contributed by atoms with E-state index in [-0.39, 0.29) is 0 Å². The van der Waals surface area contributed by atoms with Gasteiger partial charge in [0.2, 0.25) is 0 Å². The molecule has 1 atom stereocenters. The van der Waals surface area contributed by atoms with E-state index in [1.54, 1.807) is 6.20 Å². The Morgan fingerprint density at radius 2 is 1.96 bits per heavy atom. The second kappa shape index (κ2) is 7.98. The molecule has 0 amide bonds. The number of benzene rings is 1. The van der Waals surface area contributed by atoms with Gasteiger partial charge in [0.05, 0.1) is 12.8 Å². The van der Waals surface area contributed by atoms with Gasteiger partial charge in [-0.15, -0.1) is 0 Å². The van der Waals surface area contributed by atoms with Crippen molar-refractivity contribution in [2.75, 3.05) is 26.4 Å². The Morgan fingerprint density at radius 1 is 1.04 bits per heavy atom. The van der Waals surface area contributed by atoms with Gasteiger partial charge in [0.15, 0.2) is 0 Å². The second-order valence-corrected chi connectivity index (χ2v) is 7.13. The third-order valence-corrected chi connectivity index (χ3v) is 4.94. The molecular formula is C21H26N2O2. The number of ether oxygens (including phenoxy) is 2. The van der Waals surface area contributed by atoms with Gasteiger partial charge in [0.1, 0.15) is 12.4 Å². The Balaban J connectivity index is 1.35. The lowest BCUT2D eigenvalue weighted by Crippen LogP contribution is -2.46. The molecule has 1 aromatic heterocycles. The van der Waals surface area contributed by atoms with Crippen LogP contribution in [0.2, 0.25) is 0 Å². The molecule has 1 N–H and O–H groups in total. The molecule has 1 saturated heterocycles. The lowest BCUT2D eigenvalue weighted by molar-refractivity contribution is 0.127. The summed E-state index contributed by atoms with van der Waals surface area (Å²) in [7, 11) is 0. The highest BCUT2D eigenvalue weighted by atomic mass is 16.5. The van der Waals surface area contributed by atoms with Gasteiger partial charge in [-0.1, -0.05) is 24.3 Å². The van der Waals surface area contributed by atoms with Gasteiger partial charge in [-0.05, 0) is 55.3 Å². The van der Waals surface area contributed by atoms with Gasteiger partial charge in [0.25, 0.3) is 0 Å². The minimum Gasteiger partial charge on any atom is -0.490 e. The van der Waals surface area contributed by atoms with E-state index in [2.05, 4.69) is 40.6 Å². The van der Waals surface area contributed by atoms with Crippen LogP contribution in [0.3, 0.4) is 0 Å². The van der Waals surface area contributed by atoms with E-state index in [0.717, 1.165) is 43.4 Å². The van der Waals surface area contributed by atoms with Crippen molar-refractivity contribution in [3.63, 3.8) is 0 Å². The minimum absolute atomic E-state index is 0.489. The Morgan fingerprint density at radius 3 is 2.76 bits per heavy atom. The Labute approximate surface area is 149 Å². The lowest BCUT2D eigenvalue weighted by Gasteiger charge is -2.27. The van der Waals surface area contributed by atoms with Gasteiger partial charge in [-0.3, -0.25) is 4.98 Å². The summed E-state index contributed by atoms with van der Waals surface area (Å²) in [6.45, 7) is 3.54. The molecule has 2 aromatic rings. The van der Waals surface area contributed by atoms with Crippen LogP contribution in [0.25, 0.3) is 11.1 Å². The van der Waals surface area contributed by atoms with E-state index in [1.807, 2.05) is 6.20 Å². The predicted molar refractivity (Wildman–Crippen MR) is 98.8 cm³/mol. The summed E-state index contributed by atoms with van der Waals surface area (Å²) in [5.74, 6) is 1.67. The van der Waals surface area contributed by atoms with Crippen LogP contribution in [-0.4, -0.2) is 37.4 Å². The number of pyridine rings is 1. The van der Waals surface area contributed by atoms with E-state index >= 15 is 0 Å². The van der Waals surface area contributed by atoms with Crippen LogP contribution < -0.4 is 10.1 Å².